The Morgan fingerprint density at radius 2 is 1.82 bits per heavy atom. The van der Waals surface area contributed by atoms with E-state index < -0.39 is 5.97 Å². The van der Waals surface area contributed by atoms with Gasteiger partial charge in [0.25, 0.3) is 0 Å². The van der Waals surface area contributed by atoms with Gasteiger partial charge in [0.15, 0.2) is 0 Å². The first-order chi connectivity index (χ1) is 16.7. The highest BCUT2D eigenvalue weighted by Gasteiger charge is 2.12. The first-order valence-corrected chi connectivity index (χ1v) is 11.0. The smallest absolute Gasteiger partial charge is 0.341 e. The van der Waals surface area contributed by atoms with Crippen molar-refractivity contribution in [3.05, 3.63) is 95.7 Å². The van der Waals surface area contributed by atoms with Crippen LogP contribution in [-0.4, -0.2) is 42.2 Å². The molecule has 1 N–H and O–H groups in total. The van der Waals surface area contributed by atoms with Crippen LogP contribution in [0.4, 0.5) is 0 Å². The molecule has 0 aliphatic heterocycles. The zero-order chi connectivity index (χ0) is 23.8. The summed E-state index contributed by atoms with van der Waals surface area (Å²) in [5.41, 5.74) is 3.46. The maximum absolute atomic E-state index is 11.5. The zero-order valence-corrected chi connectivity index (χ0v) is 18.9. The Labute approximate surface area is 197 Å². The van der Waals surface area contributed by atoms with E-state index in [-0.39, 0.29) is 11.3 Å². The molecular formula is C27H26N2O5. The van der Waals surface area contributed by atoms with Crippen molar-refractivity contribution < 1.29 is 24.2 Å². The van der Waals surface area contributed by atoms with Gasteiger partial charge in [-0.2, -0.15) is 0 Å². The molecule has 0 unspecified atom stereocenters. The Kier molecular flexibility index (Phi) is 7.45. The van der Waals surface area contributed by atoms with Crippen molar-refractivity contribution >= 4 is 23.1 Å². The first-order valence-electron chi connectivity index (χ1n) is 11.0. The van der Waals surface area contributed by atoms with Gasteiger partial charge in [-0.15, -0.1) is 0 Å². The molecule has 4 rings (SSSR count). The van der Waals surface area contributed by atoms with Crippen LogP contribution in [0.5, 0.6) is 11.5 Å². The van der Waals surface area contributed by atoms with Crippen LogP contribution >= 0.6 is 0 Å². The average Bonchev–Trinajstić information content (AvgIpc) is 3.21. The number of hydrogen-bond acceptors (Lipinski definition) is 6. The van der Waals surface area contributed by atoms with Gasteiger partial charge in [0.05, 0.1) is 19.9 Å². The molecule has 4 aromatic rings. The molecule has 0 radical (unpaired) electrons. The number of nitrogens with zero attached hydrogens (tertiary/aromatic N) is 2. The van der Waals surface area contributed by atoms with Gasteiger partial charge in [0.2, 0.25) is 0 Å². The van der Waals surface area contributed by atoms with Crippen LogP contribution < -0.4 is 4.74 Å². The van der Waals surface area contributed by atoms with E-state index in [4.69, 9.17) is 9.57 Å². The molecule has 0 bridgehead atoms. The van der Waals surface area contributed by atoms with Crippen LogP contribution in [0.2, 0.25) is 0 Å². The minimum Gasteiger partial charge on any atom is -0.507 e. The molecule has 0 saturated heterocycles. The number of aromatic hydroxyl groups is 1. The number of hydrogen-bond donors (Lipinski definition) is 1. The lowest BCUT2D eigenvalue weighted by molar-refractivity contribution is 0.0597. The minimum absolute atomic E-state index is 0.0950. The molecule has 0 aliphatic rings. The fourth-order valence-corrected chi connectivity index (χ4v) is 3.63. The maximum atomic E-state index is 11.5. The van der Waals surface area contributed by atoms with E-state index in [0.717, 1.165) is 23.0 Å². The standard InChI is InChI=1S/C27H26N2O5/c1-32-27(31)24-13-12-22(16-26(24)30)33-14-7-15-34-28-17-21-19-29(18-20-8-3-2-4-9-20)25-11-6-5-10-23(21)25/h2-6,8-13,16-17,19,30H,7,14-15,18H2,1H3/b28-17-. The summed E-state index contributed by atoms with van der Waals surface area (Å²) in [6.07, 6.45) is 4.42. The Balaban J connectivity index is 1.28. The lowest BCUT2D eigenvalue weighted by Crippen LogP contribution is -2.03. The Hall–Kier alpha value is -4.26. The summed E-state index contributed by atoms with van der Waals surface area (Å²) in [6.45, 7) is 1.54. The van der Waals surface area contributed by atoms with Gasteiger partial charge in [-0.25, -0.2) is 4.79 Å². The molecule has 3 aromatic carbocycles. The van der Waals surface area contributed by atoms with Crippen molar-refractivity contribution in [3.8, 4) is 11.5 Å². The number of methoxy groups -OCH3 is 1. The predicted octanol–water partition coefficient (Wildman–Crippen LogP) is 5.00. The number of fused-ring (bicyclic) bond motifs is 1. The summed E-state index contributed by atoms with van der Waals surface area (Å²) in [7, 11) is 1.26. The SMILES string of the molecule is COC(=O)c1ccc(OCCCO/N=C\c2cn(Cc3ccccc3)c3ccccc23)cc1O. The fraction of sp³-hybridized carbons (Fsp3) is 0.185. The van der Waals surface area contributed by atoms with Crippen LogP contribution in [-0.2, 0) is 16.1 Å². The molecule has 1 aromatic heterocycles. The lowest BCUT2D eigenvalue weighted by atomic mass is 10.2. The molecule has 34 heavy (non-hydrogen) atoms. The number of aromatic nitrogens is 1. The van der Waals surface area contributed by atoms with Gasteiger partial charge >= 0.3 is 5.97 Å². The van der Waals surface area contributed by atoms with Crippen molar-refractivity contribution in [1.82, 2.24) is 4.57 Å². The average molecular weight is 459 g/mol. The summed E-state index contributed by atoms with van der Waals surface area (Å²) < 4.78 is 12.4. The molecule has 174 valence electrons. The van der Waals surface area contributed by atoms with Crippen LogP contribution in [0.15, 0.2) is 84.1 Å². The number of esters is 1. The number of rotatable bonds is 10. The third kappa shape index (κ3) is 5.56. The van der Waals surface area contributed by atoms with Gasteiger partial charge < -0.3 is 24.0 Å². The molecule has 0 spiro atoms. The third-order valence-electron chi connectivity index (χ3n) is 5.30. The van der Waals surface area contributed by atoms with E-state index in [1.54, 1.807) is 12.3 Å². The summed E-state index contributed by atoms with van der Waals surface area (Å²) in [6, 6.07) is 23.0. The maximum Gasteiger partial charge on any atom is 0.341 e. The van der Waals surface area contributed by atoms with E-state index in [9.17, 15) is 9.90 Å². The van der Waals surface area contributed by atoms with Gasteiger partial charge in [0.1, 0.15) is 23.7 Å². The summed E-state index contributed by atoms with van der Waals surface area (Å²) in [5.74, 6) is -0.324. The number of ether oxygens (including phenoxy) is 2. The van der Waals surface area contributed by atoms with E-state index in [2.05, 4.69) is 44.9 Å². The summed E-state index contributed by atoms with van der Waals surface area (Å²) in [4.78, 5) is 16.9. The third-order valence-corrected chi connectivity index (χ3v) is 5.30. The number of benzene rings is 3. The van der Waals surface area contributed by atoms with Gasteiger partial charge in [0, 0.05) is 41.7 Å². The van der Waals surface area contributed by atoms with E-state index in [1.165, 1.54) is 24.8 Å². The van der Waals surface area contributed by atoms with Crippen molar-refractivity contribution in [2.24, 2.45) is 5.16 Å². The highest BCUT2D eigenvalue weighted by Crippen LogP contribution is 2.24. The quantitative estimate of drug-likeness (QED) is 0.156. The van der Waals surface area contributed by atoms with Gasteiger partial charge in [-0.3, -0.25) is 0 Å². The monoisotopic (exact) mass is 458 g/mol. The van der Waals surface area contributed by atoms with Gasteiger partial charge in [-0.1, -0.05) is 53.7 Å². The number of carbonyl (C=O) groups excluding carboxylic acids is 1. The highest BCUT2D eigenvalue weighted by molar-refractivity contribution is 5.99. The molecule has 0 fully saturated rings. The fourth-order valence-electron chi connectivity index (χ4n) is 3.63. The molecule has 1 heterocycles. The number of para-hydroxylation sites is 1. The molecular weight excluding hydrogens is 432 g/mol. The van der Waals surface area contributed by atoms with Crippen LogP contribution in [0, 0.1) is 0 Å². The van der Waals surface area contributed by atoms with Crippen LogP contribution in [0.25, 0.3) is 10.9 Å². The first kappa shape index (κ1) is 22.9. The Bertz CT molecular complexity index is 1280. The molecule has 0 saturated carbocycles. The lowest BCUT2D eigenvalue weighted by Gasteiger charge is -2.08. The van der Waals surface area contributed by atoms with E-state index in [0.29, 0.717) is 25.4 Å². The summed E-state index contributed by atoms with van der Waals surface area (Å²) >= 11 is 0. The van der Waals surface area contributed by atoms with Crippen molar-refractivity contribution in [1.29, 1.82) is 0 Å². The molecule has 0 aliphatic carbocycles. The Morgan fingerprint density at radius 1 is 1.03 bits per heavy atom. The highest BCUT2D eigenvalue weighted by atomic mass is 16.6. The summed E-state index contributed by atoms with van der Waals surface area (Å²) in [5, 5.41) is 15.1. The van der Waals surface area contributed by atoms with E-state index >= 15 is 0 Å². The number of phenolic OH excluding ortho intramolecular Hbond substituents is 1. The largest absolute Gasteiger partial charge is 0.507 e. The van der Waals surface area contributed by atoms with Crippen molar-refractivity contribution in [2.75, 3.05) is 20.3 Å². The second kappa shape index (κ2) is 11.0. The van der Waals surface area contributed by atoms with Crippen molar-refractivity contribution in [2.45, 2.75) is 13.0 Å². The normalized spacial score (nSPS) is 11.1. The van der Waals surface area contributed by atoms with E-state index in [1.807, 2.05) is 30.3 Å². The molecule has 7 heteroatoms. The number of carbonyl (C=O) groups is 1. The van der Waals surface area contributed by atoms with Crippen LogP contribution in [0.3, 0.4) is 0 Å². The second-order valence-electron chi connectivity index (χ2n) is 7.66. The Morgan fingerprint density at radius 3 is 2.62 bits per heavy atom. The molecule has 0 atom stereocenters. The van der Waals surface area contributed by atoms with Crippen LogP contribution in [0.1, 0.15) is 27.9 Å². The molecule has 7 nitrogen and oxygen atoms in total. The topological polar surface area (TPSA) is 82.3 Å². The molecule has 0 amide bonds. The number of oxime groups is 1. The van der Waals surface area contributed by atoms with Crippen molar-refractivity contribution in [3.63, 3.8) is 0 Å². The zero-order valence-electron chi connectivity index (χ0n) is 18.9. The predicted molar refractivity (Wildman–Crippen MR) is 131 cm³/mol. The number of phenols is 1. The van der Waals surface area contributed by atoms with Gasteiger partial charge in [-0.05, 0) is 23.8 Å². The second-order valence-corrected chi connectivity index (χ2v) is 7.66. The minimum atomic E-state index is -0.599.